The zero-order valence-electron chi connectivity index (χ0n) is 6.28. The van der Waals surface area contributed by atoms with Gasteiger partial charge < -0.3 is 0 Å². The number of alkyl halides is 1. The zero-order chi connectivity index (χ0) is 7.56. The molecule has 0 aliphatic heterocycles. The quantitative estimate of drug-likeness (QED) is 0.621. The van der Waals surface area contributed by atoms with Gasteiger partial charge in [0.25, 0.3) is 0 Å². The van der Waals surface area contributed by atoms with Crippen LogP contribution < -0.4 is 0 Å². The Balaban J connectivity index is 2.81. The molecule has 0 atom stereocenters. The molecule has 2 heteroatoms. The summed E-state index contributed by atoms with van der Waals surface area (Å²) in [5.41, 5.74) is 1.17. The molecule has 0 amide bonds. The predicted octanol–water partition coefficient (Wildman–Crippen LogP) is 2.88. The maximum absolute atomic E-state index is 11.9. The maximum Gasteiger partial charge on any atom is 0.0935 e. The fraction of sp³-hybridized carbons (Fsp3) is 0.500. The average molecular weight is 158 g/mol. The van der Waals surface area contributed by atoms with E-state index in [1.165, 1.54) is 15.3 Å². The van der Waals surface area contributed by atoms with Crippen molar-refractivity contribution in [2.45, 2.75) is 20.3 Å². The van der Waals surface area contributed by atoms with Gasteiger partial charge >= 0.3 is 0 Å². The van der Waals surface area contributed by atoms with Gasteiger partial charge in [-0.2, -0.15) is 0 Å². The van der Waals surface area contributed by atoms with Gasteiger partial charge in [0.1, 0.15) is 0 Å². The van der Waals surface area contributed by atoms with Crippen molar-refractivity contribution in [2.24, 2.45) is 0 Å². The highest BCUT2D eigenvalue weighted by Crippen LogP contribution is 2.20. The van der Waals surface area contributed by atoms with Crippen molar-refractivity contribution in [3.05, 3.63) is 21.4 Å². The van der Waals surface area contributed by atoms with E-state index >= 15 is 0 Å². The van der Waals surface area contributed by atoms with Crippen LogP contribution in [0.15, 0.2) is 6.07 Å². The van der Waals surface area contributed by atoms with Gasteiger partial charge in [-0.25, -0.2) is 0 Å². The van der Waals surface area contributed by atoms with Crippen LogP contribution in [0.5, 0.6) is 0 Å². The summed E-state index contributed by atoms with van der Waals surface area (Å²) < 4.78 is 11.9. The lowest BCUT2D eigenvalue weighted by molar-refractivity contribution is 0.495. The van der Waals surface area contributed by atoms with Gasteiger partial charge in [-0.3, -0.25) is 4.39 Å². The smallest absolute Gasteiger partial charge is 0.0935 e. The Kier molecular flexibility index (Phi) is 2.44. The number of aryl methyl sites for hydroxylation is 3. The summed E-state index contributed by atoms with van der Waals surface area (Å²) in [7, 11) is 0. The SMILES string of the molecule is Cc1cc(CCF)c(C)s1. The highest BCUT2D eigenvalue weighted by atomic mass is 32.1. The van der Waals surface area contributed by atoms with E-state index in [0.717, 1.165) is 0 Å². The van der Waals surface area contributed by atoms with Crippen LogP contribution in [0, 0.1) is 13.8 Å². The molecular formula is C8H11FS. The van der Waals surface area contributed by atoms with Gasteiger partial charge in [-0.15, -0.1) is 11.3 Å². The third kappa shape index (κ3) is 1.57. The molecule has 0 saturated carbocycles. The van der Waals surface area contributed by atoms with Gasteiger partial charge in [0.05, 0.1) is 6.67 Å². The summed E-state index contributed by atoms with van der Waals surface area (Å²) in [5.74, 6) is 0. The normalized spacial score (nSPS) is 10.3. The van der Waals surface area contributed by atoms with Crippen LogP contribution in [-0.2, 0) is 6.42 Å². The Hall–Kier alpha value is -0.370. The first kappa shape index (κ1) is 7.73. The lowest BCUT2D eigenvalue weighted by Crippen LogP contribution is -1.84. The topological polar surface area (TPSA) is 0 Å². The molecule has 0 saturated heterocycles. The highest BCUT2D eigenvalue weighted by molar-refractivity contribution is 7.12. The van der Waals surface area contributed by atoms with Gasteiger partial charge in [0, 0.05) is 16.2 Å². The Morgan fingerprint density at radius 2 is 2.20 bits per heavy atom. The van der Waals surface area contributed by atoms with Crippen molar-refractivity contribution in [2.75, 3.05) is 6.67 Å². The first-order chi connectivity index (χ1) is 4.74. The molecule has 1 aromatic rings. The number of thiophene rings is 1. The summed E-state index contributed by atoms with van der Waals surface area (Å²) in [6.45, 7) is 3.86. The minimum absolute atomic E-state index is 0.239. The minimum Gasteiger partial charge on any atom is -0.251 e. The molecule has 10 heavy (non-hydrogen) atoms. The molecule has 0 fully saturated rings. The zero-order valence-corrected chi connectivity index (χ0v) is 7.09. The standard InChI is InChI=1S/C8H11FS/c1-6-5-8(3-4-9)7(2)10-6/h5H,3-4H2,1-2H3. The average Bonchev–Trinajstić information content (AvgIpc) is 2.13. The van der Waals surface area contributed by atoms with Crippen molar-refractivity contribution < 1.29 is 4.39 Å². The van der Waals surface area contributed by atoms with E-state index < -0.39 is 0 Å². The Morgan fingerprint density at radius 1 is 1.50 bits per heavy atom. The molecule has 0 radical (unpaired) electrons. The summed E-state index contributed by atoms with van der Waals surface area (Å²) >= 11 is 1.74. The van der Waals surface area contributed by atoms with Crippen LogP contribution in [0.3, 0.4) is 0 Å². The molecule has 0 N–H and O–H groups in total. The second kappa shape index (κ2) is 3.15. The molecule has 1 heterocycles. The van der Waals surface area contributed by atoms with Crippen LogP contribution >= 0.6 is 11.3 Å². The highest BCUT2D eigenvalue weighted by Gasteiger charge is 2.00. The van der Waals surface area contributed by atoms with Crippen LogP contribution in [0.2, 0.25) is 0 Å². The molecule has 0 aromatic carbocycles. The summed E-state index contributed by atoms with van der Waals surface area (Å²) in [6.07, 6.45) is 0.580. The second-order valence-corrected chi connectivity index (χ2v) is 3.84. The summed E-state index contributed by atoms with van der Waals surface area (Å²) in [5, 5.41) is 0. The maximum atomic E-state index is 11.9. The van der Waals surface area contributed by atoms with Crippen molar-refractivity contribution in [3.63, 3.8) is 0 Å². The van der Waals surface area contributed by atoms with E-state index in [1.54, 1.807) is 11.3 Å². The molecule has 0 nitrogen and oxygen atoms in total. The van der Waals surface area contributed by atoms with Gasteiger partial charge in [-0.1, -0.05) is 0 Å². The Bertz CT molecular complexity index is 215. The van der Waals surface area contributed by atoms with Crippen LogP contribution in [0.1, 0.15) is 15.3 Å². The first-order valence-electron chi connectivity index (χ1n) is 3.36. The van der Waals surface area contributed by atoms with Gasteiger partial charge in [-0.05, 0) is 25.5 Å². The Morgan fingerprint density at radius 3 is 2.60 bits per heavy atom. The molecule has 0 spiro atoms. The van der Waals surface area contributed by atoms with Crippen molar-refractivity contribution in [1.29, 1.82) is 0 Å². The number of rotatable bonds is 2. The molecule has 56 valence electrons. The fourth-order valence-corrected chi connectivity index (χ4v) is 2.01. The molecule has 0 bridgehead atoms. The van der Waals surface area contributed by atoms with Crippen molar-refractivity contribution in [3.8, 4) is 0 Å². The second-order valence-electron chi connectivity index (χ2n) is 2.38. The third-order valence-corrected chi connectivity index (χ3v) is 2.52. The van der Waals surface area contributed by atoms with Crippen molar-refractivity contribution >= 4 is 11.3 Å². The van der Waals surface area contributed by atoms with E-state index in [2.05, 4.69) is 13.0 Å². The van der Waals surface area contributed by atoms with Crippen LogP contribution in [0.4, 0.5) is 4.39 Å². The number of hydrogen-bond acceptors (Lipinski definition) is 1. The first-order valence-corrected chi connectivity index (χ1v) is 4.17. The summed E-state index contributed by atoms with van der Waals surface area (Å²) in [6, 6.07) is 2.07. The van der Waals surface area contributed by atoms with E-state index in [0.29, 0.717) is 6.42 Å². The number of halogens is 1. The van der Waals surface area contributed by atoms with E-state index in [4.69, 9.17) is 0 Å². The van der Waals surface area contributed by atoms with E-state index in [9.17, 15) is 4.39 Å². The molecular weight excluding hydrogens is 147 g/mol. The summed E-state index contributed by atoms with van der Waals surface area (Å²) in [4.78, 5) is 2.54. The largest absolute Gasteiger partial charge is 0.251 e. The van der Waals surface area contributed by atoms with Crippen LogP contribution in [0.25, 0.3) is 0 Å². The molecule has 1 rings (SSSR count). The lowest BCUT2D eigenvalue weighted by Gasteiger charge is -1.90. The Labute approximate surface area is 64.7 Å². The fourth-order valence-electron chi connectivity index (χ4n) is 1.03. The van der Waals surface area contributed by atoms with E-state index in [1.807, 2.05) is 6.92 Å². The molecule has 0 aliphatic carbocycles. The minimum atomic E-state index is -0.239. The lowest BCUT2D eigenvalue weighted by atomic mass is 10.2. The molecule has 1 aromatic heterocycles. The molecule has 0 aliphatic rings. The van der Waals surface area contributed by atoms with Gasteiger partial charge in [0.15, 0.2) is 0 Å². The van der Waals surface area contributed by atoms with Gasteiger partial charge in [0.2, 0.25) is 0 Å². The third-order valence-electron chi connectivity index (χ3n) is 1.51. The molecule has 0 unspecified atom stereocenters. The predicted molar refractivity (Wildman–Crippen MR) is 43.5 cm³/mol. The monoisotopic (exact) mass is 158 g/mol. The van der Waals surface area contributed by atoms with E-state index in [-0.39, 0.29) is 6.67 Å². The number of hydrogen-bond donors (Lipinski definition) is 0. The van der Waals surface area contributed by atoms with Crippen LogP contribution in [-0.4, -0.2) is 6.67 Å². The van der Waals surface area contributed by atoms with Crippen molar-refractivity contribution in [1.82, 2.24) is 0 Å².